The van der Waals surface area contributed by atoms with Crippen LogP contribution in [0.5, 0.6) is 0 Å². The lowest BCUT2D eigenvalue weighted by Gasteiger charge is -2.43. The highest BCUT2D eigenvalue weighted by Crippen LogP contribution is 2.35. The fourth-order valence-corrected chi connectivity index (χ4v) is 5.27. The van der Waals surface area contributed by atoms with E-state index in [9.17, 15) is 0 Å². The van der Waals surface area contributed by atoms with Crippen molar-refractivity contribution in [2.45, 2.75) is 73.8 Å². The van der Waals surface area contributed by atoms with Gasteiger partial charge in [0.1, 0.15) is 0 Å². The summed E-state index contributed by atoms with van der Waals surface area (Å²) in [7, 11) is 0. The summed E-state index contributed by atoms with van der Waals surface area (Å²) < 4.78 is 0. The molecule has 34 heavy (non-hydrogen) atoms. The molecule has 0 radical (unpaired) electrons. The molecular formula is C30H42N4. The normalized spacial score (nSPS) is 20.1. The molecule has 1 aliphatic rings. The summed E-state index contributed by atoms with van der Waals surface area (Å²) in [5.41, 5.74) is 8.85. The second-order valence-electron chi connectivity index (χ2n) is 11.2. The molecule has 182 valence electrons. The van der Waals surface area contributed by atoms with Gasteiger partial charge >= 0.3 is 0 Å². The lowest BCUT2D eigenvalue weighted by Crippen LogP contribution is -2.52. The molecule has 3 rings (SSSR count). The van der Waals surface area contributed by atoms with Crippen LogP contribution in [0.4, 0.5) is 0 Å². The first-order valence-corrected chi connectivity index (χ1v) is 12.5. The highest BCUT2D eigenvalue weighted by molar-refractivity contribution is 6.09. The Morgan fingerprint density at radius 3 is 2.24 bits per heavy atom. The van der Waals surface area contributed by atoms with Crippen molar-refractivity contribution in [3.05, 3.63) is 64.5 Å². The minimum absolute atomic E-state index is 0.115. The summed E-state index contributed by atoms with van der Waals surface area (Å²) >= 11 is 0. The predicted molar refractivity (Wildman–Crippen MR) is 145 cm³/mol. The van der Waals surface area contributed by atoms with E-state index in [2.05, 4.69) is 77.0 Å². The van der Waals surface area contributed by atoms with E-state index in [4.69, 9.17) is 10.8 Å². The summed E-state index contributed by atoms with van der Waals surface area (Å²) in [6.07, 6.45) is 7.24. The number of piperidine rings is 1. The van der Waals surface area contributed by atoms with Gasteiger partial charge in [0.05, 0.1) is 11.4 Å². The van der Waals surface area contributed by atoms with E-state index in [-0.39, 0.29) is 5.54 Å². The van der Waals surface area contributed by atoms with Gasteiger partial charge in [-0.15, -0.1) is 0 Å². The summed E-state index contributed by atoms with van der Waals surface area (Å²) in [6, 6.07) is 6.53. The van der Waals surface area contributed by atoms with Gasteiger partial charge in [-0.2, -0.15) is 0 Å². The molecule has 1 aliphatic heterocycles. The number of hydrogen-bond donors (Lipinski definition) is 3. The van der Waals surface area contributed by atoms with Crippen molar-refractivity contribution >= 4 is 11.4 Å². The third-order valence-electron chi connectivity index (χ3n) is 7.58. The minimum Gasteiger partial charge on any atom is -0.311 e. The van der Waals surface area contributed by atoms with Crippen molar-refractivity contribution in [1.29, 1.82) is 10.8 Å². The largest absolute Gasteiger partial charge is 0.311 e. The number of rotatable bonds is 7. The Morgan fingerprint density at radius 2 is 1.65 bits per heavy atom. The molecule has 2 aromatic rings. The molecule has 4 nitrogen and oxygen atoms in total. The first kappa shape index (κ1) is 26.0. The molecule has 1 aromatic heterocycles. The molecule has 4 heteroatoms. The number of benzene rings is 1. The number of allylic oxidation sites excluding steroid dienone is 2. The second kappa shape index (κ2) is 10.4. The third-order valence-corrected chi connectivity index (χ3v) is 7.58. The topological polar surface area (TPSA) is 72.6 Å². The lowest BCUT2D eigenvalue weighted by molar-refractivity contribution is 0.129. The lowest BCUT2D eigenvalue weighted by atomic mass is 9.71. The zero-order valence-corrected chi connectivity index (χ0v) is 22.3. The fourth-order valence-electron chi connectivity index (χ4n) is 5.27. The molecule has 2 heterocycles. The van der Waals surface area contributed by atoms with E-state index in [1.165, 1.54) is 16.7 Å². The van der Waals surface area contributed by atoms with Gasteiger partial charge in [0.25, 0.3) is 0 Å². The molecule has 1 saturated heterocycles. The monoisotopic (exact) mass is 458 g/mol. The van der Waals surface area contributed by atoms with Crippen LogP contribution in [-0.2, 0) is 0 Å². The van der Waals surface area contributed by atoms with E-state index in [1.54, 1.807) is 12.2 Å². The molecule has 0 bridgehead atoms. The van der Waals surface area contributed by atoms with Crippen molar-refractivity contribution < 1.29 is 0 Å². The van der Waals surface area contributed by atoms with Gasteiger partial charge in [0.2, 0.25) is 0 Å². The third kappa shape index (κ3) is 6.09. The molecule has 0 aliphatic carbocycles. The van der Waals surface area contributed by atoms with Crippen LogP contribution < -0.4 is 5.32 Å². The van der Waals surface area contributed by atoms with Gasteiger partial charge in [-0.3, -0.25) is 10.4 Å². The molecule has 1 fully saturated rings. The molecule has 0 saturated carbocycles. The van der Waals surface area contributed by atoms with Crippen molar-refractivity contribution in [1.82, 2.24) is 10.3 Å². The maximum atomic E-state index is 8.57. The Kier molecular flexibility index (Phi) is 7.92. The van der Waals surface area contributed by atoms with Crippen LogP contribution >= 0.6 is 0 Å². The average Bonchev–Trinajstić information content (AvgIpc) is 2.74. The van der Waals surface area contributed by atoms with E-state index >= 15 is 0 Å². The van der Waals surface area contributed by atoms with Crippen LogP contribution in [0.2, 0.25) is 0 Å². The van der Waals surface area contributed by atoms with Crippen molar-refractivity contribution in [2.24, 2.45) is 17.8 Å². The van der Waals surface area contributed by atoms with Crippen molar-refractivity contribution in [3.8, 4) is 11.1 Å². The van der Waals surface area contributed by atoms with Gasteiger partial charge in [0.15, 0.2) is 0 Å². The van der Waals surface area contributed by atoms with E-state index < -0.39 is 0 Å². The Hall–Kier alpha value is -2.59. The Bertz CT molecular complexity index is 1080. The number of hydrogen-bond acceptors (Lipinski definition) is 4. The quantitative estimate of drug-likeness (QED) is 0.392. The molecule has 3 N–H and O–H groups in total. The van der Waals surface area contributed by atoms with E-state index in [1.807, 2.05) is 13.1 Å². The maximum Gasteiger partial charge on any atom is 0.0908 e. The Balaban J connectivity index is 1.71. The average molecular weight is 459 g/mol. The minimum atomic E-state index is 0.115. The summed E-state index contributed by atoms with van der Waals surface area (Å²) in [5.74, 6) is 1.66. The maximum absolute atomic E-state index is 8.57. The fraction of sp³-hybridized carbons (Fsp3) is 0.500. The molecule has 1 unspecified atom stereocenters. The van der Waals surface area contributed by atoms with Gasteiger partial charge in [-0.05, 0) is 125 Å². The summed E-state index contributed by atoms with van der Waals surface area (Å²) in [6.45, 7) is 18.5. The van der Waals surface area contributed by atoms with E-state index in [0.717, 1.165) is 36.1 Å². The van der Waals surface area contributed by atoms with Gasteiger partial charge in [0, 0.05) is 23.0 Å². The van der Waals surface area contributed by atoms with Crippen LogP contribution in [0.1, 0.15) is 68.5 Å². The Labute approximate surface area is 206 Å². The van der Waals surface area contributed by atoms with Gasteiger partial charge in [-0.1, -0.05) is 26.0 Å². The first-order valence-electron chi connectivity index (χ1n) is 12.5. The van der Waals surface area contributed by atoms with Crippen LogP contribution in [0, 0.1) is 56.3 Å². The zero-order chi connectivity index (χ0) is 25.2. The molecule has 2 atom stereocenters. The summed E-state index contributed by atoms with van der Waals surface area (Å²) in [5, 5.41) is 20.8. The smallest absolute Gasteiger partial charge is 0.0908 e. The highest BCUT2D eigenvalue weighted by atomic mass is 15.0. The zero-order valence-electron chi connectivity index (χ0n) is 22.3. The second-order valence-corrected chi connectivity index (χ2v) is 11.2. The van der Waals surface area contributed by atoms with Gasteiger partial charge < -0.3 is 10.7 Å². The predicted octanol–water partition coefficient (Wildman–Crippen LogP) is 6.98. The van der Waals surface area contributed by atoms with Crippen molar-refractivity contribution in [3.63, 3.8) is 0 Å². The van der Waals surface area contributed by atoms with Gasteiger partial charge in [-0.25, -0.2) is 0 Å². The van der Waals surface area contributed by atoms with Crippen LogP contribution in [0.15, 0.2) is 36.5 Å². The van der Waals surface area contributed by atoms with E-state index in [0.29, 0.717) is 34.9 Å². The van der Waals surface area contributed by atoms with Crippen LogP contribution in [0.25, 0.3) is 11.1 Å². The number of nitrogens with zero attached hydrogens (tertiary/aromatic N) is 1. The van der Waals surface area contributed by atoms with Crippen molar-refractivity contribution in [2.75, 3.05) is 6.54 Å². The molecule has 0 amide bonds. The SMILES string of the molecule is Cc1cc(-c2cc(C)c(C)c(C)c2)cnc1C(=N)/C=C\C(=N)CC1CC(C)(C)NC[C@@H]1C(C)C. The number of pyridine rings is 1. The van der Waals surface area contributed by atoms with Crippen LogP contribution in [-0.4, -0.2) is 28.5 Å². The van der Waals surface area contributed by atoms with Crippen LogP contribution in [0.3, 0.4) is 0 Å². The first-order chi connectivity index (χ1) is 15.9. The molecule has 1 aromatic carbocycles. The highest BCUT2D eigenvalue weighted by Gasteiger charge is 2.35. The summed E-state index contributed by atoms with van der Waals surface area (Å²) in [4.78, 5) is 4.63. The standard InChI is InChI=1S/C30H42N4/c1-18(2)27-17-34-30(7,8)15-24(27)14-26(31)9-10-28(32)29-21(5)13-25(16-33-29)23-11-19(3)22(6)20(4)12-23/h9-13,16,18,24,27,31-32,34H,14-15,17H2,1-8H3/b10-9-,31-26?,32-28?/t24?,27-/m1/s1. The number of aromatic nitrogens is 1. The molecule has 0 spiro atoms. The number of aryl methyl sites for hydroxylation is 3. The Morgan fingerprint density at radius 1 is 1.03 bits per heavy atom. The molecular weight excluding hydrogens is 416 g/mol. The number of nitrogens with one attached hydrogen (secondary N) is 3.